The maximum Gasteiger partial charge on any atom is 0.144 e. The summed E-state index contributed by atoms with van der Waals surface area (Å²) >= 11 is 5.55. The summed E-state index contributed by atoms with van der Waals surface area (Å²) < 4.78 is 26.0. The zero-order valence-electron chi connectivity index (χ0n) is 7.49. The van der Waals surface area contributed by atoms with Crippen LogP contribution in [0.5, 0.6) is 0 Å². The standard InChI is InChI=1S/C10H10ClF2N/c11-7-3-6(5-10(14)1-2-10)8(12)4-9(7)13/h3-4H,1-2,5,14H2. The largest absolute Gasteiger partial charge is 0.325 e. The van der Waals surface area contributed by atoms with E-state index in [1.807, 2.05) is 0 Å². The minimum Gasteiger partial charge on any atom is -0.325 e. The Labute approximate surface area is 85.9 Å². The van der Waals surface area contributed by atoms with Gasteiger partial charge in [-0.2, -0.15) is 0 Å². The first-order chi connectivity index (χ1) is 6.50. The Bertz CT molecular complexity index is 375. The molecule has 1 aliphatic carbocycles. The van der Waals surface area contributed by atoms with Crippen LogP contribution < -0.4 is 5.73 Å². The van der Waals surface area contributed by atoms with Crippen LogP contribution in [0.25, 0.3) is 0 Å². The minimum atomic E-state index is -0.727. The van der Waals surface area contributed by atoms with Crippen LogP contribution in [0.15, 0.2) is 12.1 Å². The maximum atomic E-state index is 13.2. The van der Waals surface area contributed by atoms with Crippen molar-refractivity contribution in [2.75, 3.05) is 0 Å². The van der Waals surface area contributed by atoms with E-state index in [0.29, 0.717) is 12.0 Å². The Hall–Kier alpha value is -0.670. The molecule has 2 N–H and O–H groups in total. The zero-order chi connectivity index (χ0) is 10.3. The molecule has 0 aliphatic heterocycles. The number of hydrogen-bond donors (Lipinski definition) is 1. The van der Waals surface area contributed by atoms with Gasteiger partial charge in [0.15, 0.2) is 0 Å². The highest BCUT2D eigenvalue weighted by Gasteiger charge is 2.38. The van der Waals surface area contributed by atoms with E-state index in [4.69, 9.17) is 17.3 Å². The first-order valence-corrected chi connectivity index (χ1v) is 4.80. The summed E-state index contributed by atoms with van der Waals surface area (Å²) in [6.45, 7) is 0. The lowest BCUT2D eigenvalue weighted by Crippen LogP contribution is -2.25. The van der Waals surface area contributed by atoms with Gasteiger partial charge in [0.05, 0.1) is 5.02 Å². The highest BCUT2D eigenvalue weighted by molar-refractivity contribution is 6.30. The third kappa shape index (κ3) is 1.88. The van der Waals surface area contributed by atoms with Crippen LogP contribution in [-0.2, 0) is 6.42 Å². The van der Waals surface area contributed by atoms with Crippen LogP contribution in [0.3, 0.4) is 0 Å². The van der Waals surface area contributed by atoms with Crippen molar-refractivity contribution >= 4 is 11.6 Å². The van der Waals surface area contributed by atoms with Gasteiger partial charge in [0.2, 0.25) is 0 Å². The summed E-state index contributed by atoms with van der Waals surface area (Å²) in [5.74, 6) is -1.29. The lowest BCUT2D eigenvalue weighted by molar-refractivity contribution is 0.557. The number of halogens is 3. The molecule has 1 aliphatic rings. The Balaban J connectivity index is 2.29. The minimum absolute atomic E-state index is 0.0503. The quantitative estimate of drug-likeness (QED) is 0.758. The average Bonchev–Trinajstić information content (AvgIpc) is 2.80. The molecule has 1 nitrogen and oxygen atoms in total. The Morgan fingerprint density at radius 2 is 1.93 bits per heavy atom. The van der Waals surface area contributed by atoms with Crippen LogP contribution >= 0.6 is 11.6 Å². The molecule has 0 saturated heterocycles. The molecular weight excluding hydrogens is 208 g/mol. The molecule has 1 fully saturated rings. The molecule has 0 heterocycles. The fourth-order valence-electron chi connectivity index (χ4n) is 1.42. The van der Waals surface area contributed by atoms with E-state index in [-0.39, 0.29) is 10.6 Å². The van der Waals surface area contributed by atoms with Crippen LogP contribution in [0.2, 0.25) is 5.02 Å². The lowest BCUT2D eigenvalue weighted by Gasteiger charge is -2.09. The third-order valence-electron chi connectivity index (χ3n) is 2.52. The van der Waals surface area contributed by atoms with E-state index in [1.165, 1.54) is 6.07 Å². The summed E-state index contributed by atoms with van der Waals surface area (Å²) in [5, 5.41) is -0.0503. The van der Waals surface area contributed by atoms with Gasteiger partial charge in [0, 0.05) is 11.6 Å². The van der Waals surface area contributed by atoms with Crippen LogP contribution in [0, 0.1) is 11.6 Å². The Morgan fingerprint density at radius 3 is 2.50 bits per heavy atom. The second kappa shape index (κ2) is 3.17. The monoisotopic (exact) mass is 217 g/mol. The first kappa shape index (κ1) is 9.87. The predicted octanol–water partition coefficient (Wildman–Crippen LogP) is 2.65. The summed E-state index contributed by atoms with van der Waals surface area (Å²) in [6.07, 6.45) is 2.21. The molecule has 2 rings (SSSR count). The SMILES string of the molecule is NC1(Cc2cc(Cl)c(F)cc2F)CC1. The molecule has 0 aromatic heterocycles. The molecule has 0 radical (unpaired) electrons. The van der Waals surface area contributed by atoms with Crippen molar-refractivity contribution in [3.8, 4) is 0 Å². The fraction of sp³-hybridized carbons (Fsp3) is 0.400. The molecule has 76 valence electrons. The molecule has 4 heteroatoms. The van der Waals surface area contributed by atoms with E-state index in [1.54, 1.807) is 0 Å². The van der Waals surface area contributed by atoms with Gasteiger partial charge < -0.3 is 5.73 Å². The average molecular weight is 218 g/mol. The number of hydrogen-bond acceptors (Lipinski definition) is 1. The van der Waals surface area contributed by atoms with Crippen molar-refractivity contribution in [3.63, 3.8) is 0 Å². The van der Waals surface area contributed by atoms with Gasteiger partial charge >= 0.3 is 0 Å². The van der Waals surface area contributed by atoms with Gasteiger partial charge in [-0.3, -0.25) is 0 Å². The molecule has 1 aromatic carbocycles. The van der Waals surface area contributed by atoms with Crippen molar-refractivity contribution in [2.45, 2.75) is 24.8 Å². The van der Waals surface area contributed by atoms with E-state index < -0.39 is 11.6 Å². The van der Waals surface area contributed by atoms with E-state index >= 15 is 0 Å². The highest BCUT2D eigenvalue weighted by Crippen LogP contribution is 2.36. The van der Waals surface area contributed by atoms with Crippen LogP contribution in [0.1, 0.15) is 18.4 Å². The maximum absolute atomic E-state index is 13.2. The van der Waals surface area contributed by atoms with E-state index in [2.05, 4.69) is 0 Å². The van der Waals surface area contributed by atoms with Gasteiger partial charge in [0.25, 0.3) is 0 Å². The van der Waals surface area contributed by atoms with Crippen LogP contribution in [-0.4, -0.2) is 5.54 Å². The molecule has 14 heavy (non-hydrogen) atoms. The van der Waals surface area contributed by atoms with Crippen molar-refractivity contribution in [1.82, 2.24) is 0 Å². The Morgan fingerprint density at radius 1 is 1.29 bits per heavy atom. The van der Waals surface area contributed by atoms with Gasteiger partial charge in [-0.1, -0.05) is 11.6 Å². The van der Waals surface area contributed by atoms with Gasteiger partial charge in [-0.15, -0.1) is 0 Å². The predicted molar refractivity (Wildman–Crippen MR) is 51.2 cm³/mol. The topological polar surface area (TPSA) is 26.0 Å². The molecule has 0 unspecified atom stereocenters. The fourth-order valence-corrected chi connectivity index (χ4v) is 1.60. The zero-order valence-corrected chi connectivity index (χ0v) is 8.24. The third-order valence-corrected chi connectivity index (χ3v) is 2.81. The van der Waals surface area contributed by atoms with Gasteiger partial charge in [-0.25, -0.2) is 8.78 Å². The van der Waals surface area contributed by atoms with Crippen LogP contribution in [0.4, 0.5) is 8.78 Å². The second-order valence-electron chi connectivity index (χ2n) is 3.90. The Kier molecular flexibility index (Phi) is 2.24. The van der Waals surface area contributed by atoms with Gasteiger partial charge in [-0.05, 0) is 30.9 Å². The highest BCUT2D eigenvalue weighted by atomic mass is 35.5. The van der Waals surface area contributed by atoms with Crippen molar-refractivity contribution in [2.24, 2.45) is 5.73 Å². The normalized spacial score (nSPS) is 18.3. The summed E-state index contributed by atoms with van der Waals surface area (Å²) in [7, 11) is 0. The molecule has 0 amide bonds. The molecule has 0 spiro atoms. The van der Waals surface area contributed by atoms with E-state index in [0.717, 1.165) is 18.9 Å². The smallest absolute Gasteiger partial charge is 0.144 e. The van der Waals surface area contributed by atoms with Crippen molar-refractivity contribution in [3.05, 3.63) is 34.4 Å². The lowest BCUT2D eigenvalue weighted by atomic mass is 10.0. The van der Waals surface area contributed by atoms with E-state index in [9.17, 15) is 8.78 Å². The van der Waals surface area contributed by atoms with Crippen molar-refractivity contribution < 1.29 is 8.78 Å². The summed E-state index contributed by atoms with van der Waals surface area (Å²) in [6, 6.07) is 2.13. The van der Waals surface area contributed by atoms with Crippen molar-refractivity contribution in [1.29, 1.82) is 0 Å². The molecule has 1 aromatic rings. The number of rotatable bonds is 2. The number of benzene rings is 1. The van der Waals surface area contributed by atoms with Gasteiger partial charge in [0.1, 0.15) is 11.6 Å². The molecular formula is C10H10ClF2N. The molecule has 0 bridgehead atoms. The molecule has 1 saturated carbocycles. The first-order valence-electron chi connectivity index (χ1n) is 4.42. The molecule has 0 atom stereocenters. The summed E-state index contributed by atoms with van der Waals surface area (Å²) in [4.78, 5) is 0. The summed E-state index contributed by atoms with van der Waals surface area (Å²) in [5.41, 5.74) is 5.94. The second-order valence-corrected chi connectivity index (χ2v) is 4.30. The number of nitrogens with two attached hydrogens (primary N) is 1.